The van der Waals surface area contributed by atoms with Crippen molar-refractivity contribution in [3.63, 3.8) is 0 Å². The van der Waals surface area contributed by atoms with E-state index in [4.69, 9.17) is 5.73 Å². The first-order valence-electron chi connectivity index (χ1n) is 6.17. The Labute approximate surface area is 108 Å². The first-order chi connectivity index (χ1) is 7.86. The topological polar surface area (TPSA) is 55.0 Å². The fourth-order valence-corrected chi connectivity index (χ4v) is 2.49. The molecule has 98 valence electrons. The van der Waals surface area contributed by atoms with Gasteiger partial charge in [-0.15, -0.1) is 0 Å². The van der Waals surface area contributed by atoms with Crippen LogP contribution < -0.4 is 10.6 Å². The summed E-state index contributed by atoms with van der Waals surface area (Å²) >= 11 is 1.49. The van der Waals surface area contributed by atoms with Crippen LogP contribution in [0.5, 0.6) is 0 Å². The van der Waals surface area contributed by atoms with Crippen molar-refractivity contribution in [3.8, 4) is 0 Å². The monoisotopic (exact) mass is 256 g/mol. The predicted octanol–water partition coefficient (Wildman–Crippen LogP) is 2.40. The Hall–Kier alpha value is -0.680. The molecule has 0 fully saturated rings. The van der Waals surface area contributed by atoms with Gasteiger partial charge in [0.25, 0.3) is 0 Å². The van der Waals surface area contributed by atoms with Crippen molar-refractivity contribution in [2.45, 2.75) is 52.5 Å². The predicted molar refractivity (Wildman–Crippen MR) is 74.8 cm³/mol. The van der Waals surface area contributed by atoms with E-state index in [1.807, 2.05) is 0 Å². The molecule has 1 rings (SSSR count). The van der Waals surface area contributed by atoms with Crippen LogP contribution in [0.3, 0.4) is 0 Å². The van der Waals surface area contributed by atoms with Gasteiger partial charge < -0.3 is 10.6 Å². The highest BCUT2D eigenvalue weighted by Crippen LogP contribution is 2.26. The van der Waals surface area contributed by atoms with Gasteiger partial charge in [-0.25, -0.2) is 4.98 Å². The Morgan fingerprint density at radius 2 is 2.00 bits per heavy atom. The lowest BCUT2D eigenvalue weighted by atomic mass is 9.96. The number of anilines is 1. The number of aromatic nitrogens is 2. The molecule has 0 radical (unpaired) electrons. The highest BCUT2D eigenvalue weighted by molar-refractivity contribution is 7.09. The van der Waals surface area contributed by atoms with Crippen molar-refractivity contribution in [1.29, 1.82) is 0 Å². The van der Waals surface area contributed by atoms with Gasteiger partial charge in [0.05, 0.1) is 0 Å². The summed E-state index contributed by atoms with van der Waals surface area (Å²) in [5.74, 6) is 0.927. The summed E-state index contributed by atoms with van der Waals surface area (Å²) in [6.07, 6.45) is 0.989. The molecule has 17 heavy (non-hydrogen) atoms. The minimum absolute atomic E-state index is 0.0191. The van der Waals surface area contributed by atoms with Crippen LogP contribution in [-0.2, 0) is 5.41 Å². The molecule has 0 amide bonds. The van der Waals surface area contributed by atoms with Crippen LogP contribution in [0.15, 0.2) is 0 Å². The second-order valence-electron chi connectivity index (χ2n) is 5.58. The van der Waals surface area contributed by atoms with Crippen LogP contribution in [0.4, 0.5) is 5.13 Å². The van der Waals surface area contributed by atoms with Crippen LogP contribution in [0.1, 0.15) is 46.9 Å². The van der Waals surface area contributed by atoms with Crippen molar-refractivity contribution in [2.24, 2.45) is 5.73 Å². The van der Waals surface area contributed by atoms with E-state index >= 15 is 0 Å². The van der Waals surface area contributed by atoms with Gasteiger partial charge >= 0.3 is 0 Å². The van der Waals surface area contributed by atoms with Gasteiger partial charge in [-0.05, 0) is 26.8 Å². The largest absolute Gasteiger partial charge is 0.344 e. The van der Waals surface area contributed by atoms with Crippen LogP contribution >= 0.6 is 11.5 Å². The minimum atomic E-state index is 0.0191. The summed E-state index contributed by atoms with van der Waals surface area (Å²) in [7, 11) is 0. The molecule has 0 saturated heterocycles. The maximum Gasteiger partial charge on any atom is 0.205 e. The molecule has 0 aliphatic heterocycles. The third-order valence-electron chi connectivity index (χ3n) is 2.56. The molecule has 4 nitrogen and oxygen atoms in total. The van der Waals surface area contributed by atoms with E-state index in [-0.39, 0.29) is 5.41 Å². The molecule has 0 saturated carbocycles. The van der Waals surface area contributed by atoms with Crippen molar-refractivity contribution in [2.75, 3.05) is 18.0 Å². The molecule has 1 aromatic heterocycles. The van der Waals surface area contributed by atoms with Gasteiger partial charge in [0.15, 0.2) is 0 Å². The van der Waals surface area contributed by atoms with Crippen LogP contribution in [-0.4, -0.2) is 28.5 Å². The molecule has 0 unspecified atom stereocenters. The van der Waals surface area contributed by atoms with Crippen molar-refractivity contribution >= 4 is 16.7 Å². The maximum atomic E-state index is 5.57. The van der Waals surface area contributed by atoms with E-state index in [1.54, 1.807) is 0 Å². The summed E-state index contributed by atoms with van der Waals surface area (Å²) in [5, 5.41) is 1.01. The zero-order chi connectivity index (χ0) is 13.1. The van der Waals surface area contributed by atoms with Crippen molar-refractivity contribution < 1.29 is 0 Å². The normalized spacial score (nSPS) is 12.2. The Morgan fingerprint density at radius 3 is 2.41 bits per heavy atom. The van der Waals surface area contributed by atoms with Crippen LogP contribution in [0, 0.1) is 0 Å². The molecule has 1 heterocycles. The van der Waals surface area contributed by atoms with E-state index in [9.17, 15) is 0 Å². The zero-order valence-corrected chi connectivity index (χ0v) is 12.3. The van der Waals surface area contributed by atoms with Crippen LogP contribution in [0.25, 0.3) is 0 Å². The summed E-state index contributed by atoms with van der Waals surface area (Å²) in [6, 6.07) is 0.433. The van der Waals surface area contributed by atoms with E-state index < -0.39 is 0 Å². The lowest BCUT2D eigenvalue weighted by Gasteiger charge is -2.25. The van der Waals surface area contributed by atoms with Crippen LogP contribution in [0.2, 0.25) is 0 Å². The fourth-order valence-electron chi connectivity index (χ4n) is 1.47. The summed E-state index contributed by atoms with van der Waals surface area (Å²) < 4.78 is 4.46. The Bertz CT molecular complexity index is 341. The van der Waals surface area contributed by atoms with Gasteiger partial charge in [0.2, 0.25) is 5.13 Å². The Balaban J connectivity index is 2.84. The quantitative estimate of drug-likeness (QED) is 0.879. The van der Waals surface area contributed by atoms with Gasteiger partial charge in [-0.2, -0.15) is 4.37 Å². The third-order valence-corrected chi connectivity index (χ3v) is 3.31. The molecule has 5 heteroatoms. The van der Waals surface area contributed by atoms with E-state index in [0.717, 1.165) is 23.9 Å². The summed E-state index contributed by atoms with van der Waals surface area (Å²) in [5.41, 5.74) is 5.59. The first kappa shape index (κ1) is 14.4. The van der Waals surface area contributed by atoms with Crippen molar-refractivity contribution in [1.82, 2.24) is 9.36 Å². The summed E-state index contributed by atoms with van der Waals surface area (Å²) in [6.45, 7) is 12.4. The second kappa shape index (κ2) is 5.78. The molecule has 0 aromatic carbocycles. The minimum Gasteiger partial charge on any atom is -0.344 e. The zero-order valence-electron chi connectivity index (χ0n) is 11.5. The van der Waals surface area contributed by atoms with E-state index in [2.05, 4.69) is 48.9 Å². The molecule has 2 N–H and O–H groups in total. The number of hydrogen-bond acceptors (Lipinski definition) is 5. The number of nitrogens with zero attached hydrogens (tertiary/aromatic N) is 3. The highest BCUT2D eigenvalue weighted by Gasteiger charge is 2.22. The SMILES string of the molecule is CC(C)N(CCCN)c1nc(C(C)(C)C)ns1. The lowest BCUT2D eigenvalue weighted by Crippen LogP contribution is -2.32. The highest BCUT2D eigenvalue weighted by atomic mass is 32.1. The molecule has 0 spiro atoms. The van der Waals surface area contributed by atoms with Gasteiger partial charge in [0, 0.05) is 29.5 Å². The second-order valence-corrected chi connectivity index (χ2v) is 6.31. The fraction of sp³-hybridized carbons (Fsp3) is 0.833. The van der Waals surface area contributed by atoms with E-state index in [0.29, 0.717) is 12.6 Å². The van der Waals surface area contributed by atoms with Gasteiger partial charge in [-0.3, -0.25) is 0 Å². The third kappa shape index (κ3) is 3.92. The molecular formula is C12H24N4S. The van der Waals surface area contributed by atoms with Gasteiger partial charge in [-0.1, -0.05) is 20.8 Å². The van der Waals surface area contributed by atoms with E-state index in [1.165, 1.54) is 11.5 Å². The molecule has 1 aromatic rings. The maximum absolute atomic E-state index is 5.57. The number of nitrogens with two attached hydrogens (primary N) is 1. The summed E-state index contributed by atoms with van der Waals surface area (Å²) in [4.78, 5) is 6.93. The number of rotatable bonds is 5. The Kier molecular flexibility index (Phi) is 4.89. The molecule has 0 bridgehead atoms. The average Bonchev–Trinajstić information content (AvgIpc) is 2.66. The molecule has 0 aliphatic carbocycles. The Morgan fingerprint density at radius 1 is 1.35 bits per heavy atom. The lowest BCUT2D eigenvalue weighted by molar-refractivity contribution is 0.552. The van der Waals surface area contributed by atoms with Gasteiger partial charge in [0.1, 0.15) is 5.82 Å². The standard InChI is InChI=1S/C12H24N4S/c1-9(2)16(8-6-7-13)11-14-10(15-17-11)12(3,4)5/h9H,6-8,13H2,1-5H3. The van der Waals surface area contributed by atoms with Crippen molar-refractivity contribution in [3.05, 3.63) is 5.82 Å². The molecular weight excluding hydrogens is 232 g/mol. The molecule has 0 aliphatic rings. The molecule has 0 atom stereocenters. The average molecular weight is 256 g/mol. The smallest absolute Gasteiger partial charge is 0.205 e. The first-order valence-corrected chi connectivity index (χ1v) is 6.94. The number of hydrogen-bond donors (Lipinski definition) is 1.